The number of halogens is 1. The molecule has 2 fully saturated rings. The molecule has 1 N–H and O–H groups in total. The largest absolute Gasteiger partial charge is 0.372 e. The SMILES string of the molecule is CC1CN(c2nc(SCCc3c[nH]c4ccccc34)c(C#N)c3c2COC(C)(C)C3)CC(C)O1.CC1CN(c2nc(SCCc3cccc(F)c3)c(C#N)c3c2COC(C)(C)C3)CC(C)O1. The molecule has 4 aliphatic rings. The van der Waals surface area contributed by atoms with Gasteiger partial charge in [-0.25, -0.2) is 14.4 Å². The Morgan fingerprint density at radius 1 is 0.697 bits per heavy atom. The number of aromatic amines is 1. The van der Waals surface area contributed by atoms with Crippen LogP contribution in [-0.4, -0.2) is 88.3 Å². The molecule has 9 rings (SSSR count). The lowest BCUT2D eigenvalue weighted by Crippen LogP contribution is -2.47. The van der Waals surface area contributed by atoms with Crippen molar-refractivity contribution >= 4 is 46.1 Å². The van der Waals surface area contributed by atoms with Crippen molar-refractivity contribution in [3.63, 3.8) is 0 Å². The molecule has 0 saturated carbocycles. The van der Waals surface area contributed by atoms with Crippen molar-refractivity contribution in [2.75, 3.05) is 47.5 Å². The van der Waals surface area contributed by atoms with E-state index >= 15 is 0 Å². The topological polar surface area (TPSA) is 133 Å². The number of ether oxygens (including phenoxy) is 4. The van der Waals surface area contributed by atoms with Crippen molar-refractivity contribution in [2.45, 2.75) is 140 Å². The second kappa shape index (κ2) is 20.3. The minimum Gasteiger partial charge on any atom is -0.372 e. The van der Waals surface area contributed by atoms with Crippen molar-refractivity contribution in [1.29, 1.82) is 10.5 Å². The molecule has 4 atom stereocenters. The van der Waals surface area contributed by atoms with Gasteiger partial charge in [-0.05, 0) is 109 Å². The average molecular weight is 932 g/mol. The molecule has 2 aromatic carbocycles. The molecule has 66 heavy (non-hydrogen) atoms. The normalized spacial score (nSPS) is 22.1. The van der Waals surface area contributed by atoms with Crippen LogP contribution in [0.3, 0.4) is 0 Å². The summed E-state index contributed by atoms with van der Waals surface area (Å²) in [5.41, 5.74) is 8.39. The van der Waals surface area contributed by atoms with E-state index < -0.39 is 0 Å². The highest BCUT2D eigenvalue weighted by Crippen LogP contribution is 2.41. The fourth-order valence-corrected chi connectivity index (χ4v) is 11.6. The average Bonchev–Trinajstić information content (AvgIpc) is 3.67. The van der Waals surface area contributed by atoms with Gasteiger partial charge in [0, 0.05) is 78.8 Å². The number of nitrogens with zero attached hydrogens (tertiary/aromatic N) is 6. The Bertz CT molecular complexity index is 2620. The number of aromatic nitrogens is 3. The van der Waals surface area contributed by atoms with E-state index in [0.717, 1.165) is 99.1 Å². The molecular weight excluding hydrogens is 870 g/mol. The summed E-state index contributed by atoms with van der Waals surface area (Å²) in [4.78, 5) is 18.1. The molecule has 4 aliphatic heterocycles. The van der Waals surface area contributed by atoms with Gasteiger partial charge in [-0.1, -0.05) is 30.3 Å². The van der Waals surface area contributed by atoms with Gasteiger partial charge in [0.1, 0.15) is 39.6 Å². The zero-order valence-electron chi connectivity index (χ0n) is 39.5. The number of hydrogen-bond acceptors (Lipinski definition) is 12. The zero-order valence-corrected chi connectivity index (χ0v) is 41.1. The van der Waals surface area contributed by atoms with Gasteiger partial charge in [0.25, 0.3) is 0 Å². The molecule has 2 saturated heterocycles. The Labute approximate surface area is 397 Å². The van der Waals surface area contributed by atoms with E-state index in [1.165, 1.54) is 17.0 Å². The van der Waals surface area contributed by atoms with Crippen LogP contribution in [0.25, 0.3) is 10.9 Å². The smallest absolute Gasteiger partial charge is 0.135 e. The van der Waals surface area contributed by atoms with Crippen LogP contribution in [0.15, 0.2) is 64.8 Å². The van der Waals surface area contributed by atoms with Gasteiger partial charge in [0.05, 0.1) is 60.0 Å². The van der Waals surface area contributed by atoms with Crippen molar-refractivity contribution < 1.29 is 23.3 Å². The summed E-state index contributed by atoms with van der Waals surface area (Å²) in [6.45, 7) is 20.7. The Morgan fingerprint density at radius 2 is 1.20 bits per heavy atom. The molecule has 14 heteroatoms. The number of benzene rings is 2. The second-order valence-corrected chi connectivity index (χ2v) is 21.5. The Morgan fingerprint density at radius 3 is 1.70 bits per heavy atom. The standard InChI is InChI=1S/C27H32N4O2S.C25H30FN3O2S/c1-17-14-31(15-18(2)33-17)25-23-16-32-27(3,4)11-21(23)22(12-28)26(30-25)34-10-9-19-13-29-24-8-6-5-7-20(19)24;1-16-13-29(14-17(2)31-16)23-22-15-30-25(3,4)11-20(22)21(12-27)24(28-23)32-9-8-18-6-5-7-19(26)10-18/h5-8,13,17-18,29H,9-11,14-16H2,1-4H3;5-7,10,16-17H,8-9,11,13-15H2,1-4H3. The summed E-state index contributed by atoms with van der Waals surface area (Å²) in [6, 6.07) is 20.0. The number of pyridine rings is 2. The number of anilines is 2. The van der Waals surface area contributed by atoms with Crippen molar-refractivity contribution in [2.24, 2.45) is 0 Å². The lowest BCUT2D eigenvalue weighted by molar-refractivity contribution is -0.0409. The fourth-order valence-electron chi connectivity index (χ4n) is 9.67. The third-order valence-electron chi connectivity index (χ3n) is 12.6. The van der Waals surface area contributed by atoms with Gasteiger partial charge >= 0.3 is 0 Å². The highest BCUT2D eigenvalue weighted by Gasteiger charge is 2.37. The zero-order chi connectivity index (χ0) is 46.8. The number of morpholine rings is 2. The summed E-state index contributed by atoms with van der Waals surface area (Å²) in [5, 5.41) is 23.1. The van der Waals surface area contributed by atoms with E-state index in [9.17, 15) is 14.9 Å². The first-order valence-corrected chi connectivity index (χ1v) is 25.1. The summed E-state index contributed by atoms with van der Waals surface area (Å²) >= 11 is 3.26. The number of thioether (sulfide) groups is 2. The summed E-state index contributed by atoms with van der Waals surface area (Å²) in [6.07, 6.45) is 5.59. The number of hydrogen-bond donors (Lipinski definition) is 1. The molecule has 0 spiro atoms. The number of rotatable bonds is 10. The highest BCUT2D eigenvalue weighted by molar-refractivity contribution is 7.99. The van der Waals surface area contributed by atoms with Crippen LogP contribution < -0.4 is 9.80 Å². The molecule has 4 unspecified atom stereocenters. The molecule has 348 valence electrons. The molecule has 0 amide bonds. The molecule has 0 radical (unpaired) electrons. The maximum Gasteiger partial charge on any atom is 0.135 e. The summed E-state index contributed by atoms with van der Waals surface area (Å²) in [5.74, 6) is 3.22. The second-order valence-electron chi connectivity index (χ2n) is 19.3. The van der Waals surface area contributed by atoms with E-state index in [-0.39, 0.29) is 41.4 Å². The number of para-hydroxylation sites is 1. The quantitative estimate of drug-likeness (QED) is 0.134. The number of nitrogens with one attached hydrogen (secondary N) is 1. The molecular formula is C52H62FN7O4S2. The van der Waals surface area contributed by atoms with Crippen LogP contribution in [0.4, 0.5) is 16.0 Å². The van der Waals surface area contributed by atoms with Crippen LogP contribution in [0, 0.1) is 28.5 Å². The Balaban J connectivity index is 0.000000180. The Hall–Kier alpha value is -4.67. The van der Waals surface area contributed by atoms with E-state index in [0.29, 0.717) is 43.6 Å². The van der Waals surface area contributed by atoms with Crippen molar-refractivity contribution in [3.05, 3.63) is 105 Å². The minimum atomic E-state index is -0.327. The lowest BCUT2D eigenvalue weighted by atomic mass is 9.89. The number of aryl methyl sites for hydroxylation is 2. The van der Waals surface area contributed by atoms with Crippen LogP contribution in [0.5, 0.6) is 0 Å². The Kier molecular flexibility index (Phi) is 14.7. The van der Waals surface area contributed by atoms with Gasteiger partial charge in [-0.2, -0.15) is 10.5 Å². The molecule has 0 aliphatic carbocycles. The highest BCUT2D eigenvalue weighted by atomic mass is 32.2. The first-order valence-electron chi connectivity index (χ1n) is 23.2. The fraction of sp³-hybridized carbons (Fsp3) is 0.500. The third-order valence-corrected chi connectivity index (χ3v) is 14.6. The van der Waals surface area contributed by atoms with Crippen LogP contribution in [0.1, 0.15) is 99.9 Å². The maximum atomic E-state index is 13.5. The monoisotopic (exact) mass is 931 g/mol. The summed E-state index contributed by atoms with van der Waals surface area (Å²) < 4.78 is 37.7. The first kappa shape index (κ1) is 47.8. The van der Waals surface area contributed by atoms with E-state index in [4.69, 9.17) is 28.9 Å². The summed E-state index contributed by atoms with van der Waals surface area (Å²) in [7, 11) is 0. The molecule has 5 aromatic rings. The van der Waals surface area contributed by atoms with Crippen LogP contribution in [-0.2, 0) is 57.8 Å². The lowest BCUT2D eigenvalue weighted by Gasteiger charge is -2.40. The minimum absolute atomic E-state index is 0.108. The van der Waals surface area contributed by atoms with Gasteiger partial charge in [-0.3, -0.25) is 0 Å². The number of nitriles is 2. The van der Waals surface area contributed by atoms with Gasteiger partial charge in [-0.15, -0.1) is 23.5 Å². The van der Waals surface area contributed by atoms with E-state index in [1.54, 1.807) is 35.7 Å². The van der Waals surface area contributed by atoms with Crippen molar-refractivity contribution in [3.8, 4) is 12.1 Å². The van der Waals surface area contributed by atoms with Crippen LogP contribution in [0.2, 0.25) is 0 Å². The van der Waals surface area contributed by atoms with Gasteiger partial charge in [0.2, 0.25) is 0 Å². The van der Waals surface area contributed by atoms with Crippen LogP contribution >= 0.6 is 23.5 Å². The maximum absolute atomic E-state index is 13.5. The predicted molar refractivity (Wildman–Crippen MR) is 261 cm³/mol. The third kappa shape index (κ3) is 11.0. The van der Waals surface area contributed by atoms with Gasteiger partial charge in [0.15, 0.2) is 0 Å². The van der Waals surface area contributed by atoms with Gasteiger partial charge < -0.3 is 33.7 Å². The number of H-pyrrole nitrogens is 1. The molecule has 0 bridgehead atoms. The first-order chi connectivity index (χ1) is 31.6. The van der Waals surface area contributed by atoms with E-state index in [2.05, 4.69) is 107 Å². The number of fused-ring (bicyclic) bond motifs is 3. The predicted octanol–water partition coefficient (Wildman–Crippen LogP) is 10.1. The molecule has 3 aromatic heterocycles. The molecule has 11 nitrogen and oxygen atoms in total. The molecule has 7 heterocycles. The van der Waals surface area contributed by atoms with Crippen molar-refractivity contribution in [1.82, 2.24) is 15.0 Å². The van der Waals surface area contributed by atoms with E-state index in [1.807, 2.05) is 12.1 Å².